The standard InChI is InChI=1S/C16H20ClNO/c1-18(2)11-14-5-3-4-13(16(14)19)10-12-6-8-15(17)9-7-12/h6-10,14H,3-5,11H2,1-2H3/b13-10+. The van der Waals surface area contributed by atoms with E-state index in [4.69, 9.17) is 11.6 Å². The number of rotatable bonds is 3. The fourth-order valence-corrected chi connectivity index (χ4v) is 2.70. The number of carbonyl (C=O) groups excluding carboxylic acids is 1. The highest BCUT2D eigenvalue weighted by molar-refractivity contribution is 6.30. The van der Waals surface area contributed by atoms with Gasteiger partial charge in [-0.05, 0) is 62.7 Å². The van der Waals surface area contributed by atoms with Crippen LogP contribution in [0.25, 0.3) is 6.08 Å². The number of ketones is 1. The van der Waals surface area contributed by atoms with Crippen molar-refractivity contribution in [3.63, 3.8) is 0 Å². The van der Waals surface area contributed by atoms with Crippen LogP contribution in [0.4, 0.5) is 0 Å². The molecule has 0 radical (unpaired) electrons. The van der Waals surface area contributed by atoms with Gasteiger partial charge in [0.15, 0.2) is 5.78 Å². The first-order valence-electron chi connectivity index (χ1n) is 6.71. The van der Waals surface area contributed by atoms with Gasteiger partial charge in [0.2, 0.25) is 0 Å². The molecule has 1 aliphatic rings. The van der Waals surface area contributed by atoms with E-state index in [9.17, 15) is 4.79 Å². The summed E-state index contributed by atoms with van der Waals surface area (Å²) in [7, 11) is 4.04. The Kier molecular flexibility index (Phi) is 4.78. The molecule has 3 heteroatoms. The first kappa shape index (κ1) is 14.3. The van der Waals surface area contributed by atoms with Gasteiger partial charge in [0.25, 0.3) is 0 Å². The van der Waals surface area contributed by atoms with Gasteiger partial charge in [0, 0.05) is 17.5 Å². The molecular formula is C16H20ClNO. The topological polar surface area (TPSA) is 20.3 Å². The Labute approximate surface area is 120 Å². The lowest BCUT2D eigenvalue weighted by atomic mass is 9.83. The van der Waals surface area contributed by atoms with Crippen molar-refractivity contribution in [2.24, 2.45) is 5.92 Å². The Balaban J connectivity index is 2.14. The Bertz CT molecular complexity index is 476. The number of hydrogen-bond donors (Lipinski definition) is 0. The van der Waals surface area contributed by atoms with Crippen LogP contribution in [-0.4, -0.2) is 31.3 Å². The van der Waals surface area contributed by atoms with Crippen molar-refractivity contribution in [2.45, 2.75) is 19.3 Å². The number of allylic oxidation sites excluding steroid dienone is 1. The predicted octanol–water partition coefficient (Wildman–Crippen LogP) is 3.65. The van der Waals surface area contributed by atoms with Crippen molar-refractivity contribution in [2.75, 3.05) is 20.6 Å². The second-order valence-corrected chi connectivity index (χ2v) is 5.87. The lowest BCUT2D eigenvalue weighted by Crippen LogP contribution is -2.31. The zero-order valence-electron chi connectivity index (χ0n) is 11.5. The van der Waals surface area contributed by atoms with Gasteiger partial charge < -0.3 is 4.90 Å². The molecule has 0 bridgehead atoms. The van der Waals surface area contributed by atoms with Crippen LogP contribution in [0, 0.1) is 5.92 Å². The van der Waals surface area contributed by atoms with Crippen LogP contribution in [0.5, 0.6) is 0 Å². The van der Waals surface area contributed by atoms with Crippen LogP contribution in [0.2, 0.25) is 5.02 Å². The summed E-state index contributed by atoms with van der Waals surface area (Å²) >= 11 is 5.87. The summed E-state index contributed by atoms with van der Waals surface area (Å²) < 4.78 is 0. The van der Waals surface area contributed by atoms with Crippen molar-refractivity contribution < 1.29 is 4.79 Å². The minimum absolute atomic E-state index is 0.155. The molecule has 1 aromatic rings. The maximum Gasteiger partial charge on any atom is 0.163 e. The van der Waals surface area contributed by atoms with E-state index >= 15 is 0 Å². The highest BCUT2D eigenvalue weighted by atomic mass is 35.5. The molecule has 1 aliphatic carbocycles. The molecule has 1 aromatic carbocycles. The summed E-state index contributed by atoms with van der Waals surface area (Å²) in [6.45, 7) is 0.844. The molecule has 1 unspecified atom stereocenters. The van der Waals surface area contributed by atoms with Crippen molar-refractivity contribution in [3.05, 3.63) is 40.4 Å². The monoisotopic (exact) mass is 277 g/mol. The minimum atomic E-state index is 0.155. The van der Waals surface area contributed by atoms with Crippen LogP contribution < -0.4 is 0 Å². The van der Waals surface area contributed by atoms with Crippen LogP contribution >= 0.6 is 11.6 Å². The number of hydrogen-bond acceptors (Lipinski definition) is 2. The van der Waals surface area contributed by atoms with Gasteiger partial charge in [0.1, 0.15) is 0 Å². The molecule has 1 saturated carbocycles. The molecule has 1 atom stereocenters. The first-order chi connectivity index (χ1) is 9.06. The lowest BCUT2D eigenvalue weighted by molar-refractivity contribution is -0.120. The molecular weight excluding hydrogens is 258 g/mol. The zero-order chi connectivity index (χ0) is 13.8. The maximum absolute atomic E-state index is 12.4. The van der Waals surface area contributed by atoms with Gasteiger partial charge in [0.05, 0.1) is 0 Å². The summed E-state index contributed by atoms with van der Waals surface area (Å²) in [6.07, 6.45) is 5.02. The van der Waals surface area contributed by atoms with E-state index in [0.29, 0.717) is 5.78 Å². The first-order valence-corrected chi connectivity index (χ1v) is 7.09. The fourth-order valence-electron chi connectivity index (χ4n) is 2.57. The van der Waals surface area contributed by atoms with Gasteiger partial charge in [-0.2, -0.15) is 0 Å². The zero-order valence-corrected chi connectivity index (χ0v) is 12.3. The number of benzene rings is 1. The summed E-state index contributed by atoms with van der Waals surface area (Å²) in [6, 6.07) is 7.63. The minimum Gasteiger partial charge on any atom is -0.309 e. The molecule has 2 nitrogen and oxygen atoms in total. The SMILES string of the molecule is CN(C)CC1CCC/C(=C\c2ccc(Cl)cc2)C1=O. The molecule has 0 aromatic heterocycles. The number of nitrogens with zero attached hydrogens (tertiary/aromatic N) is 1. The summed E-state index contributed by atoms with van der Waals surface area (Å²) in [5, 5.41) is 0.725. The molecule has 0 N–H and O–H groups in total. The predicted molar refractivity (Wildman–Crippen MR) is 80.3 cm³/mol. The van der Waals surface area contributed by atoms with Crippen molar-refractivity contribution >= 4 is 23.5 Å². The third kappa shape index (κ3) is 3.92. The molecule has 2 rings (SSSR count). The Morgan fingerprint density at radius 2 is 2.00 bits per heavy atom. The molecule has 1 fully saturated rings. The molecule has 0 amide bonds. The number of carbonyl (C=O) groups is 1. The quantitative estimate of drug-likeness (QED) is 0.786. The third-order valence-electron chi connectivity index (χ3n) is 3.48. The van der Waals surface area contributed by atoms with E-state index in [1.165, 1.54) is 0 Å². The lowest BCUT2D eigenvalue weighted by Gasteiger charge is -2.25. The molecule has 0 saturated heterocycles. The van der Waals surface area contributed by atoms with E-state index in [1.807, 2.05) is 44.4 Å². The van der Waals surface area contributed by atoms with E-state index in [0.717, 1.165) is 42.0 Å². The van der Waals surface area contributed by atoms with E-state index in [-0.39, 0.29) is 5.92 Å². The second kappa shape index (κ2) is 6.36. The molecule has 19 heavy (non-hydrogen) atoms. The van der Waals surface area contributed by atoms with Gasteiger partial charge in [-0.25, -0.2) is 0 Å². The van der Waals surface area contributed by atoms with Crippen molar-refractivity contribution in [1.82, 2.24) is 4.90 Å². The van der Waals surface area contributed by atoms with Crippen LogP contribution in [0.1, 0.15) is 24.8 Å². The van der Waals surface area contributed by atoms with Gasteiger partial charge >= 0.3 is 0 Å². The number of Topliss-reactive ketones (excluding diaryl/α,β-unsaturated/α-hetero) is 1. The van der Waals surface area contributed by atoms with Gasteiger partial charge in [-0.15, -0.1) is 0 Å². The summed E-state index contributed by atoms with van der Waals surface area (Å²) in [4.78, 5) is 14.5. The van der Waals surface area contributed by atoms with Crippen LogP contribution in [0.3, 0.4) is 0 Å². The molecule has 0 heterocycles. The summed E-state index contributed by atoms with van der Waals surface area (Å²) in [5.41, 5.74) is 2.01. The summed E-state index contributed by atoms with van der Waals surface area (Å²) in [5.74, 6) is 0.470. The fraction of sp³-hybridized carbons (Fsp3) is 0.438. The Morgan fingerprint density at radius 3 is 2.63 bits per heavy atom. The van der Waals surface area contributed by atoms with Crippen molar-refractivity contribution in [1.29, 1.82) is 0 Å². The average Bonchev–Trinajstić information content (AvgIpc) is 2.36. The van der Waals surface area contributed by atoms with Crippen molar-refractivity contribution in [3.8, 4) is 0 Å². The third-order valence-corrected chi connectivity index (χ3v) is 3.73. The molecule has 0 spiro atoms. The maximum atomic E-state index is 12.4. The Hall–Kier alpha value is -1.12. The van der Waals surface area contributed by atoms with E-state index in [2.05, 4.69) is 4.90 Å². The normalized spacial score (nSPS) is 22.2. The largest absolute Gasteiger partial charge is 0.309 e. The van der Waals surface area contributed by atoms with E-state index < -0.39 is 0 Å². The molecule has 102 valence electrons. The van der Waals surface area contributed by atoms with Crippen LogP contribution in [0.15, 0.2) is 29.8 Å². The van der Waals surface area contributed by atoms with Crippen LogP contribution in [-0.2, 0) is 4.79 Å². The Morgan fingerprint density at radius 1 is 1.32 bits per heavy atom. The smallest absolute Gasteiger partial charge is 0.163 e. The highest BCUT2D eigenvalue weighted by Crippen LogP contribution is 2.27. The van der Waals surface area contributed by atoms with Gasteiger partial charge in [-0.3, -0.25) is 4.79 Å². The number of halogens is 1. The van der Waals surface area contributed by atoms with Gasteiger partial charge in [-0.1, -0.05) is 23.7 Å². The average molecular weight is 278 g/mol. The highest BCUT2D eigenvalue weighted by Gasteiger charge is 2.26. The van der Waals surface area contributed by atoms with E-state index in [1.54, 1.807) is 0 Å². The second-order valence-electron chi connectivity index (χ2n) is 5.44. The molecule has 0 aliphatic heterocycles.